The predicted octanol–water partition coefficient (Wildman–Crippen LogP) is 5.40. The second-order valence-corrected chi connectivity index (χ2v) is 8.56. The third-order valence-corrected chi connectivity index (χ3v) is 5.90. The van der Waals surface area contributed by atoms with E-state index in [0.717, 1.165) is 12.8 Å². The summed E-state index contributed by atoms with van der Waals surface area (Å²) in [5, 5.41) is 20.2. The summed E-state index contributed by atoms with van der Waals surface area (Å²) in [6, 6.07) is -1.03. The molecular weight excluding hydrogens is 361 g/mol. The lowest BCUT2D eigenvalue weighted by Crippen LogP contribution is -2.35. The van der Waals surface area contributed by atoms with Crippen LogP contribution in [0.1, 0.15) is 110 Å². The van der Waals surface area contributed by atoms with E-state index >= 15 is 0 Å². The molecule has 0 rings (SSSR count). The topological polar surface area (TPSA) is 86.6 Å². The SMILES string of the molecule is CCCCCCCCCCCCCCCCCC(=O)PNC(CO)C(=O)O. The molecule has 0 aliphatic carbocycles. The van der Waals surface area contributed by atoms with Crippen molar-refractivity contribution in [2.24, 2.45) is 0 Å². The van der Waals surface area contributed by atoms with Crippen LogP contribution in [0.4, 0.5) is 0 Å². The fraction of sp³-hybridized carbons (Fsp3) is 0.905. The number of carbonyl (C=O) groups excluding carboxylic acids is 1. The third-order valence-electron chi connectivity index (χ3n) is 4.87. The van der Waals surface area contributed by atoms with E-state index in [1.807, 2.05) is 0 Å². The first-order valence-electron chi connectivity index (χ1n) is 11.0. The molecule has 0 saturated carbocycles. The largest absolute Gasteiger partial charge is 0.480 e. The maximum absolute atomic E-state index is 11.7. The van der Waals surface area contributed by atoms with Gasteiger partial charge in [0.05, 0.1) is 6.61 Å². The summed E-state index contributed by atoms with van der Waals surface area (Å²) in [6.07, 6.45) is 20.0. The van der Waals surface area contributed by atoms with E-state index < -0.39 is 18.6 Å². The van der Waals surface area contributed by atoms with Gasteiger partial charge in [-0.05, 0) is 6.42 Å². The quantitative estimate of drug-likeness (QED) is 0.176. The molecule has 3 N–H and O–H groups in total. The summed E-state index contributed by atoms with van der Waals surface area (Å²) in [5.41, 5.74) is 0.0457. The maximum atomic E-state index is 11.7. The van der Waals surface area contributed by atoms with Crippen LogP contribution in [0, 0.1) is 0 Å². The molecule has 0 aliphatic heterocycles. The van der Waals surface area contributed by atoms with Gasteiger partial charge in [-0.25, -0.2) is 0 Å². The molecule has 27 heavy (non-hydrogen) atoms. The molecule has 0 aromatic rings. The van der Waals surface area contributed by atoms with Gasteiger partial charge in [0.2, 0.25) is 0 Å². The van der Waals surface area contributed by atoms with Gasteiger partial charge in [0.25, 0.3) is 0 Å². The van der Waals surface area contributed by atoms with Crippen molar-refractivity contribution in [2.45, 2.75) is 116 Å². The number of carbonyl (C=O) groups is 2. The lowest BCUT2D eigenvalue weighted by Gasteiger charge is -2.10. The van der Waals surface area contributed by atoms with Crippen molar-refractivity contribution in [3.05, 3.63) is 0 Å². The lowest BCUT2D eigenvalue weighted by molar-refractivity contribution is -0.139. The Morgan fingerprint density at radius 2 is 1.19 bits per heavy atom. The van der Waals surface area contributed by atoms with Crippen LogP contribution in [-0.4, -0.2) is 34.4 Å². The normalized spacial score (nSPS) is 12.7. The highest BCUT2D eigenvalue weighted by Crippen LogP contribution is 2.16. The molecular formula is C21H42NO4P. The van der Waals surface area contributed by atoms with Crippen LogP contribution in [0.5, 0.6) is 0 Å². The predicted molar refractivity (Wildman–Crippen MR) is 115 cm³/mol. The van der Waals surface area contributed by atoms with Gasteiger partial charge in [-0.15, -0.1) is 0 Å². The first-order chi connectivity index (χ1) is 13.1. The van der Waals surface area contributed by atoms with Crippen LogP contribution in [0.25, 0.3) is 0 Å². The van der Waals surface area contributed by atoms with Crippen molar-refractivity contribution in [2.75, 3.05) is 6.61 Å². The van der Waals surface area contributed by atoms with Crippen LogP contribution in [0.2, 0.25) is 0 Å². The molecule has 0 aromatic carbocycles. The molecule has 0 fully saturated rings. The minimum atomic E-state index is -1.12. The molecule has 0 amide bonds. The van der Waals surface area contributed by atoms with E-state index in [1.165, 1.54) is 83.5 Å². The zero-order chi connectivity index (χ0) is 20.2. The fourth-order valence-electron chi connectivity index (χ4n) is 3.07. The molecule has 0 aliphatic rings. The van der Waals surface area contributed by atoms with E-state index in [-0.39, 0.29) is 14.3 Å². The van der Waals surface area contributed by atoms with Gasteiger partial charge in [-0.1, -0.05) is 96.8 Å². The number of unbranched alkanes of at least 4 members (excludes halogenated alkanes) is 14. The summed E-state index contributed by atoms with van der Waals surface area (Å²) in [4.78, 5) is 22.4. The molecule has 0 aromatic heterocycles. The van der Waals surface area contributed by atoms with Crippen molar-refractivity contribution in [3.63, 3.8) is 0 Å². The first-order valence-corrected chi connectivity index (χ1v) is 12.0. The molecule has 0 bridgehead atoms. The average molecular weight is 404 g/mol. The highest BCUT2D eigenvalue weighted by atomic mass is 31.1. The lowest BCUT2D eigenvalue weighted by atomic mass is 10.0. The highest BCUT2D eigenvalue weighted by Gasteiger charge is 2.16. The summed E-state index contributed by atoms with van der Waals surface area (Å²) < 4.78 is 0. The molecule has 5 nitrogen and oxygen atoms in total. The Hall–Kier alpha value is -0.510. The third kappa shape index (κ3) is 18.6. The Kier molecular flexibility index (Phi) is 19.8. The monoisotopic (exact) mass is 403 g/mol. The number of rotatable bonds is 21. The number of aliphatic carboxylic acids is 1. The van der Waals surface area contributed by atoms with Crippen LogP contribution >= 0.6 is 8.73 Å². The molecule has 2 unspecified atom stereocenters. The molecule has 0 spiro atoms. The number of aliphatic hydroxyl groups is 1. The summed E-state index contributed by atoms with van der Waals surface area (Å²) in [6.45, 7) is 1.77. The van der Waals surface area contributed by atoms with Gasteiger partial charge < -0.3 is 10.2 Å². The zero-order valence-electron chi connectivity index (χ0n) is 17.3. The van der Waals surface area contributed by atoms with Gasteiger partial charge in [-0.3, -0.25) is 14.7 Å². The van der Waals surface area contributed by atoms with Crippen LogP contribution < -0.4 is 5.09 Å². The Morgan fingerprint density at radius 1 is 0.778 bits per heavy atom. The Labute approximate surface area is 167 Å². The number of hydrogen-bond donors (Lipinski definition) is 3. The van der Waals surface area contributed by atoms with Gasteiger partial charge in [-0.2, -0.15) is 0 Å². The van der Waals surface area contributed by atoms with E-state index in [1.54, 1.807) is 0 Å². The summed E-state index contributed by atoms with van der Waals surface area (Å²) >= 11 is 0. The molecule has 160 valence electrons. The summed E-state index contributed by atoms with van der Waals surface area (Å²) in [7, 11) is -0.233. The number of carboxylic acid groups (broad SMARTS) is 1. The smallest absolute Gasteiger partial charge is 0.323 e. The number of aliphatic hydroxyl groups excluding tert-OH is 1. The molecule has 0 saturated heterocycles. The minimum Gasteiger partial charge on any atom is -0.480 e. The van der Waals surface area contributed by atoms with Gasteiger partial charge in [0.1, 0.15) is 6.04 Å². The average Bonchev–Trinajstić information content (AvgIpc) is 2.65. The van der Waals surface area contributed by atoms with Gasteiger partial charge in [0, 0.05) is 15.2 Å². The van der Waals surface area contributed by atoms with Crippen molar-refractivity contribution in [3.8, 4) is 0 Å². The number of nitrogens with one attached hydrogen (secondary N) is 1. The van der Waals surface area contributed by atoms with Crippen LogP contribution in [-0.2, 0) is 9.59 Å². The standard InChI is InChI=1S/C21H42NO4P/c1-2-3-4-5-6-7-8-9-10-11-12-13-14-15-16-17-20(24)27-22-19(18-23)21(25)26/h19,22-23,27H,2-18H2,1H3,(H,25,26). The first kappa shape index (κ1) is 26.5. The van der Waals surface area contributed by atoms with E-state index in [9.17, 15) is 9.59 Å². The Morgan fingerprint density at radius 3 is 1.56 bits per heavy atom. The molecule has 0 radical (unpaired) electrons. The van der Waals surface area contributed by atoms with E-state index in [4.69, 9.17) is 10.2 Å². The van der Waals surface area contributed by atoms with Gasteiger partial charge in [0.15, 0.2) is 5.52 Å². The van der Waals surface area contributed by atoms with Crippen molar-refractivity contribution in [1.29, 1.82) is 0 Å². The molecule has 6 heteroatoms. The number of hydrogen-bond acceptors (Lipinski definition) is 4. The van der Waals surface area contributed by atoms with E-state index in [2.05, 4.69) is 12.0 Å². The second kappa shape index (κ2) is 20.2. The fourth-order valence-corrected chi connectivity index (χ4v) is 3.92. The van der Waals surface area contributed by atoms with Crippen LogP contribution in [0.3, 0.4) is 0 Å². The number of carboxylic acids is 1. The van der Waals surface area contributed by atoms with Gasteiger partial charge >= 0.3 is 5.97 Å². The van der Waals surface area contributed by atoms with Crippen LogP contribution in [0.15, 0.2) is 0 Å². The zero-order valence-corrected chi connectivity index (χ0v) is 18.3. The maximum Gasteiger partial charge on any atom is 0.323 e. The Balaban J connectivity index is 3.26. The minimum absolute atomic E-state index is 0.0457. The molecule has 2 atom stereocenters. The summed E-state index contributed by atoms with van der Waals surface area (Å²) in [5.74, 6) is -1.12. The molecule has 0 heterocycles. The second-order valence-electron chi connectivity index (χ2n) is 7.47. The van der Waals surface area contributed by atoms with E-state index in [0.29, 0.717) is 6.42 Å². The highest BCUT2D eigenvalue weighted by molar-refractivity contribution is 7.55. The van der Waals surface area contributed by atoms with Crippen molar-refractivity contribution >= 4 is 20.2 Å². The Bertz CT molecular complexity index is 366. The van der Waals surface area contributed by atoms with Crippen molar-refractivity contribution in [1.82, 2.24) is 5.09 Å². The van der Waals surface area contributed by atoms with Crippen molar-refractivity contribution < 1.29 is 19.8 Å².